The molecule has 0 aliphatic carbocycles. The molecular weight excluding hydrogens is 388 g/mol. The summed E-state index contributed by atoms with van der Waals surface area (Å²) in [5, 5.41) is 4.54. The van der Waals surface area contributed by atoms with E-state index >= 15 is 0 Å². The van der Waals surface area contributed by atoms with Gasteiger partial charge < -0.3 is 10.1 Å². The minimum atomic E-state index is -3.79. The lowest BCUT2D eigenvalue weighted by molar-refractivity contribution is -0.114. The highest BCUT2D eigenvalue weighted by atomic mass is 35.5. The van der Waals surface area contributed by atoms with Gasteiger partial charge in [0.25, 0.3) is 10.0 Å². The zero-order valence-electron chi connectivity index (χ0n) is 14.3. The molecule has 0 unspecified atom stereocenters. The van der Waals surface area contributed by atoms with E-state index in [9.17, 15) is 13.2 Å². The van der Waals surface area contributed by atoms with Crippen LogP contribution in [0.15, 0.2) is 59.5 Å². The summed E-state index contributed by atoms with van der Waals surface area (Å²) in [7, 11) is -2.32. The van der Waals surface area contributed by atoms with Gasteiger partial charge in [-0.2, -0.15) is 0 Å². The minimum Gasteiger partial charge on any atom is -0.495 e. The van der Waals surface area contributed by atoms with E-state index in [4.69, 9.17) is 16.3 Å². The SMILES string of the molecule is COc1ccc(Cl)cc1NC(=O)CN1c2cccc3cccc(c23)S1(=O)=O. The van der Waals surface area contributed by atoms with Gasteiger partial charge in [0, 0.05) is 10.4 Å². The molecule has 0 bridgehead atoms. The first-order chi connectivity index (χ1) is 12.9. The topological polar surface area (TPSA) is 75.7 Å². The third-order valence-corrected chi connectivity index (χ3v) is 6.44. The summed E-state index contributed by atoms with van der Waals surface area (Å²) in [5.74, 6) is -0.0635. The van der Waals surface area contributed by atoms with E-state index < -0.39 is 15.9 Å². The van der Waals surface area contributed by atoms with E-state index in [2.05, 4.69) is 5.32 Å². The first kappa shape index (κ1) is 17.6. The summed E-state index contributed by atoms with van der Waals surface area (Å²) < 4.78 is 32.2. The van der Waals surface area contributed by atoms with Crippen LogP contribution >= 0.6 is 11.6 Å². The molecule has 1 aliphatic heterocycles. The summed E-state index contributed by atoms with van der Waals surface area (Å²) in [4.78, 5) is 12.8. The fraction of sp³-hybridized carbons (Fsp3) is 0.105. The second-order valence-electron chi connectivity index (χ2n) is 6.04. The quantitative estimate of drug-likeness (QED) is 0.722. The molecule has 27 heavy (non-hydrogen) atoms. The maximum atomic E-state index is 12.9. The number of carbonyl (C=O) groups is 1. The number of amides is 1. The lowest BCUT2D eigenvalue weighted by atomic mass is 10.1. The maximum absolute atomic E-state index is 12.9. The van der Waals surface area contributed by atoms with Gasteiger partial charge in [0.2, 0.25) is 5.91 Å². The second kappa shape index (κ2) is 6.44. The number of rotatable bonds is 4. The number of methoxy groups -OCH3 is 1. The summed E-state index contributed by atoms with van der Waals surface area (Å²) >= 11 is 5.97. The highest BCUT2D eigenvalue weighted by Crippen LogP contribution is 2.41. The van der Waals surface area contributed by atoms with E-state index in [1.165, 1.54) is 7.11 Å². The lowest BCUT2D eigenvalue weighted by Crippen LogP contribution is -2.35. The van der Waals surface area contributed by atoms with Crippen LogP contribution in [0.3, 0.4) is 0 Å². The van der Waals surface area contributed by atoms with Gasteiger partial charge in [0.1, 0.15) is 12.3 Å². The number of anilines is 2. The maximum Gasteiger partial charge on any atom is 0.265 e. The summed E-state index contributed by atoms with van der Waals surface area (Å²) in [5.41, 5.74) is 0.874. The van der Waals surface area contributed by atoms with Crippen molar-refractivity contribution in [1.29, 1.82) is 0 Å². The molecule has 1 amide bonds. The van der Waals surface area contributed by atoms with Gasteiger partial charge in [-0.05, 0) is 35.7 Å². The Morgan fingerprint density at radius 1 is 1.15 bits per heavy atom. The van der Waals surface area contributed by atoms with Crippen LogP contribution < -0.4 is 14.4 Å². The van der Waals surface area contributed by atoms with Crippen LogP contribution in [0, 0.1) is 0 Å². The van der Waals surface area contributed by atoms with Gasteiger partial charge in [-0.1, -0.05) is 35.9 Å². The van der Waals surface area contributed by atoms with Crippen molar-refractivity contribution < 1.29 is 17.9 Å². The van der Waals surface area contributed by atoms with E-state index in [0.29, 0.717) is 27.5 Å². The van der Waals surface area contributed by atoms with Crippen molar-refractivity contribution in [1.82, 2.24) is 0 Å². The summed E-state index contributed by atoms with van der Waals surface area (Å²) in [6.07, 6.45) is 0. The molecular formula is C19H15ClN2O4S. The molecule has 0 atom stereocenters. The highest BCUT2D eigenvalue weighted by molar-refractivity contribution is 7.93. The van der Waals surface area contributed by atoms with E-state index in [1.54, 1.807) is 42.5 Å². The highest BCUT2D eigenvalue weighted by Gasteiger charge is 2.36. The van der Waals surface area contributed by atoms with Crippen molar-refractivity contribution in [3.05, 3.63) is 59.6 Å². The van der Waals surface area contributed by atoms with Crippen molar-refractivity contribution in [3.8, 4) is 5.75 Å². The molecule has 1 heterocycles. The smallest absolute Gasteiger partial charge is 0.265 e. The molecule has 8 heteroatoms. The normalized spacial score (nSPS) is 14.4. The summed E-state index contributed by atoms with van der Waals surface area (Å²) in [6.45, 7) is -0.355. The van der Waals surface area contributed by atoms with Gasteiger partial charge in [-0.3, -0.25) is 9.10 Å². The molecule has 0 fully saturated rings. The van der Waals surface area contributed by atoms with E-state index in [-0.39, 0.29) is 11.4 Å². The van der Waals surface area contributed by atoms with Crippen LogP contribution in [0.4, 0.5) is 11.4 Å². The fourth-order valence-electron chi connectivity index (χ4n) is 3.23. The average molecular weight is 403 g/mol. The molecule has 3 aromatic rings. The molecule has 1 aliphatic rings. The first-order valence-electron chi connectivity index (χ1n) is 8.09. The largest absolute Gasteiger partial charge is 0.495 e. The number of nitrogens with one attached hydrogen (secondary N) is 1. The van der Waals surface area contributed by atoms with Crippen LogP contribution in [0.5, 0.6) is 5.75 Å². The Hall–Kier alpha value is -2.77. The standard InChI is InChI=1S/C19H15ClN2O4S/c1-26-16-9-8-13(20)10-14(16)21-18(23)11-22-15-6-2-4-12-5-3-7-17(19(12)15)27(22,24)25/h2-10H,11H2,1H3,(H,21,23). The van der Waals surface area contributed by atoms with Crippen LogP contribution in [0.25, 0.3) is 10.8 Å². The lowest BCUT2D eigenvalue weighted by Gasteiger charge is -2.19. The first-order valence-corrected chi connectivity index (χ1v) is 9.91. The van der Waals surface area contributed by atoms with Crippen molar-refractivity contribution in [3.63, 3.8) is 0 Å². The van der Waals surface area contributed by atoms with Gasteiger partial charge in [-0.25, -0.2) is 8.42 Å². The molecule has 3 aromatic carbocycles. The Balaban J connectivity index is 1.67. The predicted molar refractivity (Wildman–Crippen MR) is 105 cm³/mol. The molecule has 4 rings (SSSR count). The van der Waals surface area contributed by atoms with E-state index in [0.717, 1.165) is 9.69 Å². The second-order valence-corrected chi connectivity index (χ2v) is 8.30. The van der Waals surface area contributed by atoms with Crippen molar-refractivity contribution in [2.75, 3.05) is 23.3 Å². The Morgan fingerprint density at radius 3 is 2.63 bits per heavy atom. The zero-order chi connectivity index (χ0) is 19.2. The number of hydrogen-bond donors (Lipinski definition) is 1. The molecule has 0 spiro atoms. The number of halogens is 1. The molecule has 6 nitrogen and oxygen atoms in total. The number of nitrogens with zero attached hydrogens (tertiary/aromatic N) is 1. The third kappa shape index (κ3) is 2.89. The Bertz CT molecular complexity index is 1170. The van der Waals surface area contributed by atoms with E-state index in [1.807, 2.05) is 12.1 Å². The van der Waals surface area contributed by atoms with Crippen molar-refractivity contribution in [2.45, 2.75) is 4.90 Å². The Morgan fingerprint density at radius 2 is 1.89 bits per heavy atom. The van der Waals surface area contributed by atoms with Gasteiger partial charge >= 0.3 is 0 Å². The van der Waals surface area contributed by atoms with Crippen molar-refractivity contribution >= 4 is 49.7 Å². The number of carbonyl (C=O) groups excluding carboxylic acids is 1. The fourth-order valence-corrected chi connectivity index (χ4v) is 5.07. The van der Waals surface area contributed by atoms with Crippen LogP contribution in [-0.2, 0) is 14.8 Å². The molecule has 0 saturated heterocycles. The number of benzene rings is 3. The van der Waals surface area contributed by atoms with Crippen LogP contribution in [-0.4, -0.2) is 28.0 Å². The molecule has 0 radical (unpaired) electrons. The molecule has 0 aromatic heterocycles. The molecule has 0 saturated carbocycles. The number of sulfonamides is 1. The predicted octanol–water partition coefficient (Wildman–Crippen LogP) is 3.65. The molecule has 138 valence electrons. The van der Waals surface area contributed by atoms with Crippen LogP contribution in [0.1, 0.15) is 0 Å². The van der Waals surface area contributed by atoms with Gasteiger partial charge in [-0.15, -0.1) is 0 Å². The third-order valence-electron chi connectivity index (χ3n) is 4.40. The Labute approximate surface area is 161 Å². The molecule has 1 N–H and O–H groups in total. The Kier molecular flexibility index (Phi) is 4.20. The zero-order valence-corrected chi connectivity index (χ0v) is 15.8. The van der Waals surface area contributed by atoms with Crippen LogP contribution in [0.2, 0.25) is 5.02 Å². The van der Waals surface area contributed by atoms with Gasteiger partial charge in [0.05, 0.1) is 23.4 Å². The van der Waals surface area contributed by atoms with Crippen molar-refractivity contribution in [2.24, 2.45) is 0 Å². The minimum absolute atomic E-state index is 0.212. The monoisotopic (exact) mass is 402 g/mol. The van der Waals surface area contributed by atoms with Gasteiger partial charge in [0.15, 0.2) is 0 Å². The average Bonchev–Trinajstić information content (AvgIpc) is 2.85. The number of hydrogen-bond acceptors (Lipinski definition) is 4. The number of ether oxygens (including phenoxy) is 1. The summed E-state index contributed by atoms with van der Waals surface area (Å²) in [6, 6.07) is 15.2.